The van der Waals surface area contributed by atoms with Gasteiger partial charge in [-0.2, -0.15) is 0 Å². The van der Waals surface area contributed by atoms with Crippen molar-refractivity contribution in [3.8, 4) is 11.8 Å². The topological polar surface area (TPSA) is 84.9 Å². The molecule has 1 unspecified atom stereocenters. The average Bonchev–Trinajstić information content (AvgIpc) is 2.83. The minimum Gasteiger partial charge on any atom is -0.345 e. The van der Waals surface area contributed by atoms with E-state index >= 15 is 0 Å². The van der Waals surface area contributed by atoms with Crippen LogP contribution in [0.1, 0.15) is 31.5 Å². The molecule has 2 aromatic rings. The molecule has 1 fully saturated rings. The highest BCUT2D eigenvalue weighted by atomic mass is 35.5. The summed E-state index contributed by atoms with van der Waals surface area (Å²) < 4.78 is 0. The van der Waals surface area contributed by atoms with Crippen LogP contribution in [0.4, 0.5) is 0 Å². The van der Waals surface area contributed by atoms with Crippen molar-refractivity contribution in [2.75, 3.05) is 7.05 Å². The molecule has 2 aromatic heterocycles. The summed E-state index contributed by atoms with van der Waals surface area (Å²) in [5.41, 5.74) is 1.27. The average molecular weight is 330 g/mol. The number of aromatic nitrogens is 2. The maximum Gasteiger partial charge on any atom is 0.231 e. The summed E-state index contributed by atoms with van der Waals surface area (Å²) in [5, 5.41) is 12.2. The minimum atomic E-state index is -0.783. The number of amides is 1. The summed E-state index contributed by atoms with van der Waals surface area (Å²) in [6, 6.07) is 1.87. The van der Waals surface area contributed by atoms with Crippen molar-refractivity contribution in [3.05, 3.63) is 28.5 Å². The van der Waals surface area contributed by atoms with Gasteiger partial charge < -0.3 is 10.3 Å². The van der Waals surface area contributed by atoms with Gasteiger partial charge in [-0.15, -0.1) is 5.92 Å². The van der Waals surface area contributed by atoms with Crippen molar-refractivity contribution in [1.29, 1.82) is 5.41 Å². The number of hydrogen-bond donors (Lipinski definition) is 3. The molecule has 1 aliphatic rings. The van der Waals surface area contributed by atoms with Crippen molar-refractivity contribution in [2.45, 2.75) is 25.8 Å². The molecule has 0 radical (unpaired) electrons. The lowest BCUT2D eigenvalue weighted by Gasteiger charge is -2.38. The zero-order chi connectivity index (χ0) is 16.8. The molecular weight excluding hydrogens is 314 g/mol. The van der Waals surface area contributed by atoms with Gasteiger partial charge in [0.25, 0.3) is 0 Å². The Balaban J connectivity index is 2.12. The molecule has 3 heterocycles. The van der Waals surface area contributed by atoms with Gasteiger partial charge in [0, 0.05) is 24.2 Å². The Labute approximate surface area is 138 Å². The monoisotopic (exact) mass is 329 g/mol. The third kappa shape index (κ3) is 2.43. The molecule has 0 bridgehead atoms. The molecule has 3 N–H and O–H groups in total. The number of nitrogens with zero attached hydrogens (tertiary/aromatic N) is 2. The first kappa shape index (κ1) is 15.4. The van der Waals surface area contributed by atoms with Crippen LogP contribution in [0, 0.1) is 17.3 Å². The van der Waals surface area contributed by atoms with Gasteiger partial charge in [-0.05, 0) is 19.9 Å². The Morgan fingerprint density at radius 1 is 1.52 bits per heavy atom. The number of hydrogen-bond acceptors (Lipinski definition) is 3. The molecular formula is C16H16ClN5O. The van der Waals surface area contributed by atoms with E-state index in [0.29, 0.717) is 16.4 Å². The number of carbonyl (C=O) groups is 1. The summed E-state index contributed by atoms with van der Waals surface area (Å²) in [5.74, 6) is 5.68. The first-order valence-corrected chi connectivity index (χ1v) is 7.47. The Hall–Kier alpha value is -2.52. The number of aromatic amines is 1. The first-order chi connectivity index (χ1) is 10.9. The molecule has 0 aromatic carbocycles. The number of H-pyrrole nitrogens is 1. The van der Waals surface area contributed by atoms with Gasteiger partial charge >= 0.3 is 0 Å². The fourth-order valence-electron chi connectivity index (χ4n) is 2.72. The Morgan fingerprint density at radius 3 is 2.91 bits per heavy atom. The van der Waals surface area contributed by atoms with E-state index < -0.39 is 5.54 Å². The summed E-state index contributed by atoms with van der Waals surface area (Å²) in [6.45, 7) is 3.60. The molecule has 0 spiro atoms. The summed E-state index contributed by atoms with van der Waals surface area (Å²) in [6.07, 6.45) is 1.87. The standard InChI is InChI=1S/C16H16ClN5O/c1-4-5-9-6-10-12(17)13(20-14(10)19-8-9)16(2)7-11(23)22(3)15(18)21-16/h6,8H,7H2,1-3H3,(H2,18,21)(H,19,20). The van der Waals surface area contributed by atoms with Crippen LogP contribution in [0.2, 0.25) is 5.02 Å². The van der Waals surface area contributed by atoms with Crippen LogP contribution in [-0.2, 0) is 10.3 Å². The lowest BCUT2D eigenvalue weighted by Crippen LogP contribution is -2.58. The fourth-order valence-corrected chi connectivity index (χ4v) is 3.12. The largest absolute Gasteiger partial charge is 0.345 e. The van der Waals surface area contributed by atoms with Crippen LogP contribution >= 0.6 is 11.6 Å². The fraction of sp³-hybridized carbons (Fsp3) is 0.312. The number of guanidine groups is 1. The zero-order valence-corrected chi connectivity index (χ0v) is 13.8. The highest BCUT2D eigenvalue weighted by molar-refractivity contribution is 6.36. The first-order valence-electron chi connectivity index (χ1n) is 7.09. The molecule has 1 saturated heterocycles. The van der Waals surface area contributed by atoms with Crippen LogP contribution in [-0.4, -0.2) is 33.8 Å². The lowest BCUT2D eigenvalue weighted by molar-refractivity contribution is -0.129. The molecule has 6 nitrogen and oxygen atoms in total. The van der Waals surface area contributed by atoms with Crippen LogP contribution in [0.25, 0.3) is 11.0 Å². The van der Waals surface area contributed by atoms with Gasteiger partial charge in [-0.1, -0.05) is 17.5 Å². The lowest BCUT2D eigenvalue weighted by atomic mass is 9.91. The molecule has 0 aliphatic carbocycles. The van der Waals surface area contributed by atoms with Crippen molar-refractivity contribution in [3.63, 3.8) is 0 Å². The SMILES string of the molecule is CC#Cc1cnc2[nH]c(C3(C)CC(=O)N(C)C(=N)N3)c(Cl)c2c1. The minimum absolute atomic E-state index is 0.0453. The molecule has 7 heteroatoms. The third-order valence-electron chi connectivity index (χ3n) is 4.02. The van der Waals surface area contributed by atoms with Crippen molar-refractivity contribution < 1.29 is 4.79 Å². The second-order valence-corrected chi connectivity index (χ2v) is 6.12. The number of fused-ring (bicyclic) bond motifs is 1. The molecule has 118 valence electrons. The van der Waals surface area contributed by atoms with Crippen LogP contribution in [0.15, 0.2) is 12.3 Å². The number of carbonyl (C=O) groups excluding carboxylic acids is 1. The molecule has 3 rings (SSSR count). The normalized spacial score (nSPS) is 21.1. The van der Waals surface area contributed by atoms with Gasteiger partial charge in [0.1, 0.15) is 5.65 Å². The van der Waals surface area contributed by atoms with Gasteiger partial charge in [-0.25, -0.2) is 4.98 Å². The van der Waals surface area contributed by atoms with Crippen molar-refractivity contribution in [1.82, 2.24) is 20.2 Å². The number of rotatable bonds is 1. The highest BCUT2D eigenvalue weighted by Crippen LogP contribution is 2.37. The van der Waals surface area contributed by atoms with E-state index in [1.54, 1.807) is 20.2 Å². The number of nitrogens with one attached hydrogen (secondary N) is 3. The second kappa shape index (κ2) is 5.28. The summed E-state index contributed by atoms with van der Waals surface area (Å²) in [7, 11) is 1.57. The van der Waals surface area contributed by atoms with Crippen LogP contribution in [0.3, 0.4) is 0 Å². The predicted molar refractivity (Wildman–Crippen MR) is 89.3 cm³/mol. The predicted octanol–water partition coefficient (Wildman–Crippen LogP) is 2.19. The van der Waals surface area contributed by atoms with E-state index in [4.69, 9.17) is 17.0 Å². The molecule has 1 atom stereocenters. The Kier molecular flexibility index (Phi) is 3.53. The highest BCUT2D eigenvalue weighted by Gasteiger charge is 2.40. The van der Waals surface area contributed by atoms with Gasteiger partial charge in [0.15, 0.2) is 5.96 Å². The van der Waals surface area contributed by atoms with Gasteiger partial charge in [0.2, 0.25) is 5.91 Å². The molecule has 0 saturated carbocycles. The van der Waals surface area contributed by atoms with E-state index in [2.05, 4.69) is 27.1 Å². The smallest absolute Gasteiger partial charge is 0.231 e. The van der Waals surface area contributed by atoms with E-state index in [0.717, 1.165) is 10.9 Å². The van der Waals surface area contributed by atoms with Gasteiger partial charge in [0.05, 0.1) is 22.7 Å². The van der Waals surface area contributed by atoms with Crippen LogP contribution < -0.4 is 5.32 Å². The summed E-state index contributed by atoms with van der Waals surface area (Å²) in [4.78, 5) is 20.9. The summed E-state index contributed by atoms with van der Waals surface area (Å²) >= 11 is 6.53. The third-order valence-corrected chi connectivity index (χ3v) is 4.41. The number of halogens is 1. The van der Waals surface area contributed by atoms with E-state index in [1.807, 2.05) is 13.0 Å². The van der Waals surface area contributed by atoms with Crippen LogP contribution in [0.5, 0.6) is 0 Å². The zero-order valence-electron chi connectivity index (χ0n) is 13.0. The van der Waals surface area contributed by atoms with E-state index in [9.17, 15) is 4.79 Å². The second-order valence-electron chi connectivity index (χ2n) is 5.74. The van der Waals surface area contributed by atoms with E-state index in [-0.39, 0.29) is 18.3 Å². The van der Waals surface area contributed by atoms with E-state index in [1.165, 1.54) is 4.90 Å². The van der Waals surface area contributed by atoms with Crippen molar-refractivity contribution in [2.24, 2.45) is 0 Å². The number of pyridine rings is 1. The Bertz CT molecular complexity index is 871. The quantitative estimate of drug-likeness (QED) is 0.701. The molecule has 1 aliphatic heterocycles. The Morgan fingerprint density at radius 2 is 2.26 bits per heavy atom. The molecule has 23 heavy (non-hydrogen) atoms. The maximum absolute atomic E-state index is 12.1. The van der Waals surface area contributed by atoms with Crippen molar-refractivity contribution >= 4 is 34.5 Å². The molecule has 1 amide bonds. The maximum atomic E-state index is 12.1. The van der Waals surface area contributed by atoms with Gasteiger partial charge in [-0.3, -0.25) is 15.1 Å².